The van der Waals surface area contributed by atoms with Crippen LogP contribution in [0.2, 0.25) is 0 Å². The SMILES string of the molecule is O=c1cc(CN2CCO[C@H](c3ccccc3F)C2)nc2cc[nH]n12. The molecule has 3 aromatic rings. The second-order valence-electron chi connectivity index (χ2n) is 5.86. The number of hydrogen-bond donors (Lipinski definition) is 1. The second kappa shape index (κ2) is 6.18. The predicted molar refractivity (Wildman–Crippen MR) is 86.2 cm³/mol. The minimum atomic E-state index is -0.308. The Hall–Kier alpha value is -2.51. The molecule has 0 bridgehead atoms. The zero-order valence-electron chi connectivity index (χ0n) is 13.0. The number of nitrogens with one attached hydrogen (secondary N) is 1. The van der Waals surface area contributed by atoms with Gasteiger partial charge in [0.15, 0.2) is 5.65 Å². The fourth-order valence-electron chi connectivity index (χ4n) is 3.06. The summed E-state index contributed by atoms with van der Waals surface area (Å²) in [6, 6.07) is 9.95. The highest BCUT2D eigenvalue weighted by molar-refractivity contribution is 5.36. The van der Waals surface area contributed by atoms with Crippen molar-refractivity contribution in [2.24, 2.45) is 0 Å². The summed E-state index contributed by atoms with van der Waals surface area (Å²) < 4.78 is 21.1. The molecule has 1 aliphatic rings. The van der Waals surface area contributed by atoms with Crippen molar-refractivity contribution in [1.82, 2.24) is 19.5 Å². The van der Waals surface area contributed by atoms with E-state index < -0.39 is 0 Å². The summed E-state index contributed by atoms with van der Waals surface area (Å²) in [6.07, 6.45) is 1.37. The van der Waals surface area contributed by atoms with Gasteiger partial charge >= 0.3 is 0 Å². The summed E-state index contributed by atoms with van der Waals surface area (Å²) in [5.74, 6) is -0.255. The fourth-order valence-corrected chi connectivity index (χ4v) is 3.06. The van der Waals surface area contributed by atoms with Crippen molar-refractivity contribution in [1.29, 1.82) is 0 Å². The number of aromatic nitrogens is 3. The summed E-state index contributed by atoms with van der Waals surface area (Å²) in [7, 11) is 0. The molecule has 0 aliphatic carbocycles. The van der Waals surface area contributed by atoms with E-state index in [9.17, 15) is 9.18 Å². The number of hydrogen-bond acceptors (Lipinski definition) is 4. The molecule has 0 spiro atoms. The molecular weight excluding hydrogens is 311 g/mol. The van der Waals surface area contributed by atoms with Crippen LogP contribution in [0.3, 0.4) is 0 Å². The van der Waals surface area contributed by atoms with Gasteiger partial charge in [0.1, 0.15) is 5.82 Å². The van der Waals surface area contributed by atoms with Crippen LogP contribution in [0.25, 0.3) is 5.65 Å². The van der Waals surface area contributed by atoms with Crippen molar-refractivity contribution in [3.05, 3.63) is 70.0 Å². The molecule has 1 aliphatic heterocycles. The van der Waals surface area contributed by atoms with Crippen molar-refractivity contribution in [3.63, 3.8) is 0 Å². The molecule has 1 fully saturated rings. The normalized spacial score (nSPS) is 19.0. The van der Waals surface area contributed by atoms with E-state index in [0.29, 0.717) is 36.6 Å². The fraction of sp³-hybridized carbons (Fsp3) is 0.294. The second-order valence-corrected chi connectivity index (χ2v) is 5.86. The Labute approximate surface area is 137 Å². The summed E-state index contributed by atoms with van der Waals surface area (Å²) in [4.78, 5) is 18.6. The highest BCUT2D eigenvalue weighted by Gasteiger charge is 2.24. The van der Waals surface area contributed by atoms with Gasteiger partial charge in [-0.3, -0.25) is 14.8 Å². The van der Waals surface area contributed by atoms with Gasteiger partial charge in [-0.25, -0.2) is 13.9 Å². The first-order valence-electron chi connectivity index (χ1n) is 7.85. The van der Waals surface area contributed by atoms with Gasteiger partial charge in [-0.1, -0.05) is 18.2 Å². The predicted octanol–water partition coefficient (Wildman–Crippen LogP) is 1.74. The number of morpholine rings is 1. The van der Waals surface area contributed by atoms with E-state index in [2.05, 4.69) is 15.0 Å². The van der Waals surface area contributed by atoms with Crippen LogP contribution in [0.4, 0.5) is 4.39 Å². The van der Waals surface area contributed by atoms with E-state index >= 15 is 0 Å². The van der Waals surface area contributed by atoms with Crippen LogP contribution in [-0.4, -0.2) is 39.2 Å². The molecule has 1 aromatic carbocycles. The smallest absolute Gasteiger partial charge is 0.272 e. The van der Waals surface area contributed by atoms with Gasteiger partial charge in [0.2, 0.25) is 0 Å². The quantitative estimate of drug-likeness (QED) is 0.795. The Bertz CT molecular complexity index is 920. The number of ether oxygens (including phenoxy) is 1. The van der Waals surface area contributed by atoms with Crippen molar-refractivity contribution >= 4 is 5.65 Å². The van der Waals surface area contributed by atoms with Gasteiger partial charge in [-0.2, -0.15) is 0 Å². The molecule has 1 N–H and O–H groups in total. The highest BCUT2D eigenvalue weighted by Crippen LogP contribution is 2.25. The average molecular weight is 328 g/mol. The Kier molecular flexibility index (Phi) is 3.87. The van der Waals surface area contributed by atoms with Crippen LogP contribution in [0.5, 0.6) is 0 Å². The summed E-state index contributed by atoms with van der Waals surface area (Å²) in [6.45, 7) is 2.34. The number of fused-ring (bicyclic) bond motifs is 1. The standard InChI is InChI=1S/C17H17FN4O2/c18-14-4-2-1-3-13(14)15-11-21(7-8-24-15)10-12-9-17(23)22-16(20-12)5-6-19-22/h1-6,9,15,19H,7-8,10-11H2/t15-/m0/s1. The maximum Gasteiger partial charge on any atom is 0.272 e. The molecule has 0 unspecified atom stereocenters. The number of H-pyrrole nitrogens is 1. The minimum Gasteiger partial charge on any atom is -0.371 e. The largest absolute Gasteiger partial charge is 0.371 e. The summed E-state index contributed by atoms with van der Waals surface area (Å²) in [5, 5.41) is 2.82. The maximum atomic E-state index is 14.0. The molecule has 124 valence electrons. The molecule has 7 heteroatoms. The third-order valence-corrected chi connectivity index (χ3v) is 4.22. The monoisotopic (exact) mass is 328 g/mol. The lowest BCUT2D eigenvalue weighted by atomic mass is 10.1. The van der Waals surface area contributed by atoms with E-state index in [1.807, 2.05) is 6.07 Å². The number of aromatic amines is 1. The Morgan fingerprint density at radius 3 is 3.08 bits per heavy atom. The Morgan fingerprint density at radius 2 is 2.21 bits per heavy atom. The highest BCUT2D eigenvalue weighted by atomic mass is 19.1. The molecule has 0 amide bonds. The van der Waals surface area contributed by atoms with Gasteiger partial charge in [0, 0.05) is 43.5 Å². The Balaban J connectivity index is 1.54. The summed E-state index contributed by atoms with van der Waals surface area (Å²) in [5.41, 5.74) is 1.72. The van der Waals surface area contributed by atoms with Crippen LogP contribution in [0.1, 0.15) is 17.4 Å². The van der Waals surface area contributed by atoms with Gasteiger partial charge in [-0.15, -0.1) is 0 Å². The Morgan fingerprint density at radius 1 is 1.33 bits per heavy atom. The lowest BCUT2D eigenvalue weighted by molar-refractivity contribution is -0.0348. The van der Waals surface area contributed by atoms with Gasteiger partial charge in [-0.05, 0) is 6.07 Å². The molecule has 1 atom stereocenters. The van der Waals surface area contributed by atoms with Crippen LogP contribution in [0.15, 0.2) is 47.4 Å². The van der Waals surface area contributed by atoms with Crippen LogP contribution >= 0.6 is 0 Å². The van der Waals surface area contributed by atoms with Crippen molar-refractivity contribution in [2.75, 3.05) is 19.7 Å². The molecule has 6 nitrogen and oxygen atoms in total. The lowest BCUT2D eigenvalue weighted by Crippen LogP contribution is -2.38. The molecule has 1 saturated heterocycles. The molecule has 2 aromatic heterocycles. The van der Waals surface area contributed by atoms with E-state index in [0.717, 1.165) is 6.54 Å². The third-order valence-electron chi connectivity index (χ3n) is 4.22. The number of benzene rings is 1. The molecule has 0 radical (unpaired) electrons. The topological polar surface area (TPSA) is 62.6 Å². The summed E-state index contributed by atoms with van der Waals surface area (Å²) >= 11 is 0. The van der Waals surface area contributed by atoms with E-state index in [4.69, 9.17) is 4.74 Å². The molecule has 24 heavy (non-hydrogen) atoms. The number of rotatable bonds is 3. The van der Waals surface area contributed by atoms with Crippen molar-refractivity contribution in [2.45, 2.75) is 12.6 Å². The van der Waals surface area contributed by atoms with Crippen LogP contribution < -0.4 is 5.56 Å². The average Bonchev–Trinajstić information content (AvgIpc) is 3.05. The first-order valence-corrected chi connectivity index (χ1v) is 7.85. The molecule has 3 heterocycles. The van der Waals surface area contributed by atoms with Gasteiger partial charge in [0.25, 0.3) is 5.56 Å². The number of halogens is 1. The molecule has 4 rings (SSSR count). The zero-order chi connectivity index (χ0) is 16.5. The lowest BCUT2D eigenvalue weighted by Gasteiger charge is -2.33. The van der Waals surface area contributed by atoms with Crippen LogP contribution in [-0.2, 0) is 11.3 Å². The van der Waals surface area contributed by atoms with E-state index in [1.165, 1.54) is 16.6 Å². The van der Waals surface area contributed by atoms with Crippen molar-refractivity contribution < 1.29 is 9.13 Å². The van der Waals surface area contributed by atoms with E-state index in [-0.39, 0.29) is 17.5 Å². The zero-order valence-corrected chi connectivity index (χ0v) is 13.0. The maximum absolute atomic E-state index is 14.0. The third kappa shape index (κ3) is 2.83. The van der Waals surface area contributed by atoms with Crippen LogP contribution in [0, 0.1) is 5.82 Å². The van der Waals surface area contributed by atoms with Gasteiger partial charge < -0.3 is 4.74 Å². The first-order chi connectivity index (χ1) is 11.7. The van der Waals surface area contributed by atoms with Gasteiger partial charge in [0.05, 0.1) is 18.4 Å². The van der Waals surface area contributed by atoms with Crippen molar-refractivity contribution in [3.8, 4) is 0 Å². The minimum absolute atomic E-state index is 0.140. The van der Waals surface area contributed by atoms with E-state index in [1.54, 1.807) is 24.4 Å². The molecule has 0 saturated carbocycles. The number of nitrogens with zero attached hydrogens (tertiary/aromatic N) is 3. The first kappa shape index (κ1) is 15.0. The molecular formula is C17H17FN4O2.